The highest BCUT2D eigenvalue weighted by molar-refractivity contribution is 5.73. The number of urea groups is 1. The van der Waals surface area contributed by atoms with Gasteiger partial charge in [0.15, 0.2) is 0 Å². The molecule has 0 aliphatic heterocycles. The van der Waals surface area contributed by atoms with E-state index in [0.29, 0.717) is 18.9 Å². The first-order valence-corrected chi connectivity index (χ1v) is 11.2. The summed E-state index contributed by atoms with van der Waals surface area (Å²) in [6.45, 7) is 3.84. The van der Waals surface area contributed by atoms with Crippen molar-refractivity contribution in [1.29, 1.82) is 0 Å². The van der Waals surface area contributed by atoms with Gasteiger partial charge < -0.3 is 20.5 Å². The Morgan fingerprint density at radius 2 is 1.29 bits per heavy atom. The second kappa shape index (κ2) is 17.2. The van der Waals surface area contributed by atoms with Crippen LogP contribution in [0.3, 0.4) is 0 Å². The molecule has 28 heavy (non-hydrogen) atoms. The Morgan fingerprint density at radius 3 is 1.86 bits per heavy atom. The number of unbranched alkanes of at least 4 members (excludes halogenated alkanes) is 11. The molecule has 0 fully saturated rings. The largest absolute Gasteiger partial charge is 0.508 e. The van der Waals surface area contributed by atoms with Gasteiger partial charge in [-0.05, 0) is 30.7 Å². The third-order valence-electron chi connectivity index (χ3n) is 4.81. The number of benzene rings is 1. The van der Waals surface area contributed by atoms with Crippen LogP contribution in [0.25, 0.3) is 0 Å². The van der Waals surface area contributed by atoms with E-state index in [1.807, 2.05) is 0 Å². The highest BCUT2D eigenvalue weighted by atomic mass is 16.5. The van der Waals surface area contributed by atoms with Gasteiger partial charge >= 0.3 is 6.03 Å². The molecular formula is C23H40N2O3. The van der Waals surface area contributed by atoms with Gasteiger partial charge in [0, 0.05) is 6.54 Å². The van der Waals surface area contributed by atoms with Crippen molar-refractivity contribution in [2.24, 2.45) is 0 Å². The number of phenols is 1. The molecule has 0 aromatic heterocycles. The predicted molar refractivity (Wildman–Crippen MR) is 116 cm³/mol. The Balaban J connectivity index is 1.81. The summed E-state index contributed by atoms with van der Waals surface area (Å²) in [5.74, 6) is 0.888. The van der Waals surface area contributed by atoms with Crippen LogP contribution in [-0.2, 0) is 0 Å². The van der Waals surface area contributed by atoms with Gasteiger partial charge in [0.05, 0.1) is 6.54 Å². The molecule has 3 N–H and O–H groups in total. The number of phenolic OH excluding ortho intramolecular Hbond substituents is 1. The van der Waals surface area contributed by atoms with Crippen LogP contribution >= 0.6 is 0 Å². The molecule has 0 saturated carbocycles. The Bertz CT molecular complexity index is 491. The minimum Gasteiger partial charge on any atom is -0.508 e. The zero-order valence-corrected chi connectivity index (χ0v) is 17.7. The number of carbonyl (C=O) groups excluding carboxylic acids is 1. The maximum Gasteiger partial charge on any atom is 0.314 e. The van der Waals surface area contributed by atoms with Crippen molar-refractivity contribution >= 4 is 6.03 Å². The first-order valence-electron chi connectivity index (χ1n) is 11.2. The van der Waals surface area contributed by atoms with Crippen LogP contribution in [0.15, 0.2) is 24.3 Å². The second-order valence-electron chi connectivity index (χ2n) is 7.41. The first-order chi connectivity index (χ1) is 13.7. The summed E-state index contributed by atoms with van der Waals surface area (Å²) in [5, 5.41) is 14.9. The van der Waals surface area contributed by atoms with E-state index in [2.05, 4.69) is 17.6 Å². The average molecular weight is 393 g/mol. The summed E-state index contributed by atoms with van der Waals surface area (Å²) < 4.78 is 5.48. The highest BCUT2D eigenvalue weighted by Gasteiger charge is 2.00. The minimum atomic E-state index is -0.141. The predicted octanol–water partition coefficient (Wildman–Crippen LogP) is 5.77. The van der Waals surface area contributed by atoms with E-state index in [9.17, 15) is 9.90 Å². The van der Waals surface area contributed by atoms with Crippen molar-refractivity contribution in [3.63, 3.8) is 0 Å². The Kier molecular flexibility index (Phi) is 14.8. The number of nitrogens with one attached hydrogen (secondary N) is 2. The number of aromatic hydroxyl groups is 1. The van der Waals surface area contributed by atoms with E-state index in [0.717, 1.165) is 13.0 Å². The third kappa shape index (κ3) is 14.2. The zero-order valence-electron chi connectivity index (χ0n) is 17.7. The summed E-state index contributed by atoms with van der Waals surface area (Å²) in [6, 6.07) is 6.40. The summed E-state index contributed by atoms with van der Waals surface area (Å²) in [5.41, 5.74) is 0. The Morgan fingerprint density at radius 1 is 0.786 bits per heavy atom. The normalized spacial score (nSPS) is 10.6. The summed E-state index contributed by atoms with van der Waals surface area (Å²) in [7, 11) is 0. The quantitative estimate of drug-likeness (QED) is 0.295. The van der Waals surface area contributed by atoms with Gasteiger partial charge in [0.25, 0.3) is 0 Å². The maximum atomic E-state index is 11.7. The lowest BCUT2D eigenvalue weighted by Gasteiger charge is -2.09. The van der Waals surface area contributed by atoms with Crippen LogP contribution in [0, 0.1) is 0 Å². The van der Waals surface area contributed by atoms with Gasteiger partial charge in [-0.1, -0.05) is 77.6 Å². The fourth-order valence-corrected chi connectivity index (χ4v) is 3.11. The molecule has 2 amide bonds. The van der Waals surface area contributed by atoms with Crippen molar-refractivity contribution in [2.45, 2.75) is 84.0 Å². The summed E-state index contributed by atoms with van der Waals surface area (Å²) in [6.07, 6.45) is 15.8. The van der Waals surface area contributed by atoms with E-state index >= 15 is 0 Å². The minimum absolute atomic E-state index is 0.141. The monoisotopic (exact) mass is 392 g/mol. The van der Waals surface area contributed by atoms with E-state index in [1.54, 1.807) is 24.3 Å². The van der Waals surface area contributed by atoms with Crippen molar-refractivity contribution in [2.75, 3.05) is 19.7 Å². The third-order valence-corrected chi connectivity index (χ3v) is 4.81. The molecule has 0 aliphatic carbocycles. The van der Waals surface area contributed by atoms with E-state index in [-0.39, 0.29) is 11.8 Å². The van der Waals surface area contributed by atoms with Crippen molar-refractivity contribution < 1.29 is 14.6 Å². The molecule has 0 atom stereocenters. The SMILES string of the molecule is CCCCCCCCCCCCCCNC(=O)NCCOc1ccc(O)cc1. The molecule has 1 aromatic rings. The van der Waals surface area contributed by atoms with Gasteiger partial charge in [0.1, 0.15) is 18.1 Å². The fraction of sp³-hybridized carbons (Fsp3) is 0.696. The standard InChI is InChI=1S/C23H40N2O3/c1-2-3-4-5-6-7-8-9-10-11-12-13-18-24-23(27)25-19-20-28-22-16-14-21(26)15-17-22/h14-17,26H,2-13,18-20H2,1H3,(H2,24,25,27). The van der Waals surface area contributed by atoms with E-state index in [1.165, 1.54) is 70.6 Å². The lowest BCUT2D eigenvalue weighted by molar-refractivity contribution is 0.236. The number of hydrogen-bond acceptors (Lipinski definition) is 3. The first kappa shape index (κ1) is 24.1. The Hall–Kier alpha value is -1.91. The lowest BCUT2D eigenvalue weighted by atomic mass is 10.1. The molecule has 160 valence electrons. The van der Waals surface area contributed by atoms with Crippen molar-refractivity contribution in [3.8, 4) is 11.5 Å². The van der Waals surface area contributed by atoms with E-state index < -0.39 is 0 Å². The molecule has 0 spiro atoms. The highest BCUT2D eigenvalue weighted by Crippen LogP contribution is 2.15. The molecule has 5 heteroatoms. The molecule has 0 saturated heterocycles. The fourth-order valence-electron chi connectivity index (χ4n) is 3.11. The lowest BCUT2D eigenvalue weighted by Crippen LogP contribution is -2.38. The number of rotatable bonds is 17. The van der Waals surface area contributed by atoms with Gasteiger partial charge in [-0.2, -0.15) is 0 Å². The maximum absolute atomic E-state index is 11.7. The molecule has 0 bridgehead atoms. The van der Waals surface area contributed by atoms with Crippen LogP contribution in [0.2, 0.25) is 0 Å². The Labute approximate surface area is 171 Å². The average Bonchev–Trinajstić information content (AvgIpc) is 2.70. The molecule has 1 aromatic carbocycles. The molecule has 0 aliphatic rings. The van der Waals surface area contributed by atoms with E-state index in [4.69, 9.17) is 4.74 Å². The van der Waals surface area contributed by atoms with Crippen LogP contribution < -0.4 is 15.4 Å². The van der Waals surface area contributed by atoms with Crippen LogP contribution in [0.1, 0.15) is 84.0 Å². The van der Waals surface area contributed by atoms with Gasteiger partial charge in [-0.25, -0.2) is 4.79 Å². The summed E-state index contributed by atoms with van der Waals surface area (Å²) in [4.78, 5) is 11.7. The number of amides is 2. The summed E-state index contributed by atoms with van der Waals surface area (Å²) >= 11 is 0. The second-order valence-corrected chi connectivity index (χ2v) is 7.41. The number of hydrogen-bond donors (Lipinski definition) is 3. The molecule has 5 nitrogen and oxygen atoms in total. The smallest absolute Gasteiger partial charge is 0.314 e. The van der Waals surface area contributed by atoms with Crippen molar-refractivity contribution in [1.82, 2.24) is 10.6 Å². The number of ether oxygens (including phenoxy) is 1. The molecule has 0 unspecified atom stereocenters. The van der Waals surface area contributed by atoms with Crippen LogP contribution in [0.4, 0.5) is 4.79 Å². The molecule has 1 rings (SSSR count). The van der Waals surface area contributed by atoms with Gasteiger partial charge in [0.2, 0.25) is 0 Å². The van der Waals surface area contributed by atoms with Gasteiger partial charge in [-0.3, -0.25) is 0 Å². The van der Waals surface area contributed by atoms with Gasteiger partial charge in [-0.15, -0.1) is 0 Å². The number of carbonyl (C=O) groups is 1. The van der Waals surface area contributed by atoms with Crippen LogP contribution in [-0.4, -0.2) is 30.8 Å². The molecule has 0 heterocycles. The topological polar surface area (TPSA) is 70.6 Å². The zero-order chi connectivity index (χ0) is 20.3. The van der Waals surface area contributed by atoms with Crippen molar-refractivity contribution in [3.05, 3.63) is 24.3 Å². The molecular weight excluding hydrogens is 352 g/mol. The van der Waals surface area contributed by atoms with Crippen LogP contribution in [0.5, 0.6) is 11.5 Å². The molecule has 0 radical (unpaired) electrons.